The quantitative estimate of drug-likeness (QED) is 0.402. The maximum atomic E-state index is 12.6. The molecule has 35 heavy (non-hydrogen) atoms. The summed E-state index contributed by atoms with van der Waals surface area (Å²) in [6, 6.07) is 22.6. The lowest BCUT2D eigenvalue weighted by Gasteiger charge is -2.10. The zero-order valence-corrected chi connectivity index (χ0v) is 19.3. The molecule has 178 valence electrons. The first-order chi connectivity index (χ1) is 17.0. The van der Waals surface area contributed by atoms with Crippen LogP contribution in [0.5, 0.6) is 5.75 Å². The largest absolute Gasteiger partial charge is 0.494 e. The van der Waals surface area contributed by atoms with Crippen LogP contribution in [0.15, 0.2) is 88.5 Å². The molecule has 0 spiro atoms. The number of ether oxygens (including phenoxy) is 1. The highest BCUT2D eigenvalue weighted by Gasteiger charge is 2.11. The summed E-state index contributed by atoms with van der Waals surface area (Å²) in [7, 11) is 0. The van der Waals surface area contributed by atoms with Crippen molar-refractivity contribution >= 4 is 5.91 Å². The number of carbonyl (C=O) groups excluding carboxylic acids is 1. The molecule has 0 atom stereocenters. The molecule has 4 aromatic rings. The SMILES string of the molecule is CCOc1ccc(-c2ccc(=O)n(CCNC(=O)c3ccc(=O)n(Cc4ccccc4)n3)n2)cc1. The van der Waals surface area contributed by atoms with E-state index in [2.05, 4.69) is 15.5 Å². The minimum absolute atomic E-state index is 0.115. The van der Waals surface area contributed by atoms with Gasteiger partial charge in [-0.1, -0.05) is 30.3 Å². The molecule has 4 rings (SSSR count). The number of nitrogens with one attached hydrogen (secondary N) is 1. The number of aromatic nitrogens is 4. The second-order valence-corrected chi connectivity index (χ2v) is 7.69. The summed E-state index contributed by atoms with van der Waals surface area (Å²) in [4.78, 5) is 37.0. The van der Waals surface area contributed by atoms with Crippen LogP contribution in [0.2, 0.25) is 0 Å². The second kappa shape index (κ2) is 11.1. The summed E-state index contributed by atoms with van der Waals surface area (Å²) >= 11 is 0. The summed E-state index contributed by atoms with van der Waals surface area (Å²) in [5.74, 6) is 0.318. The summed E-state index contributed by atoms with van der Waals surface area (Å²) < 4.78 is 8.00. The molecule has 0 saturated carbocycles. The Morgan fingerprint density at radius 1 is 0.857 bits per heavy atom. The van der Waals surface area contributed by atoms with E-state index in [1.54, 1.807) is 6.07 Å². The molecule has 0 aliphatic carbocycles. The Hall–Kier alpha value is -4.53. The minimum Gasteiger partial charge on any atom is -0.494 e. The van der Waals surface area contributed by atoms with Crippen LogP contribution in [-0.4, -0.2) is 38.6 Å². The van der Waals surface area contributed by atoms with Gasteiger partial charge in [-0.3, -0.25) is 14.4 Å². The normalized spacial score (nSPS) is 10.7. The standard InChI is InChI=1S/C26H25N5O4/c1-2-35-21-10-8-20(9-11-21)22-12-14-24(32)30(28-22)17-16-27-26(34)23-13-15-25(33)31(29-23)18-19-6-4-3-5-7-19/h3-15H,2,16-18H2,1H3,(H,27,34). The molecular formula is C26H25N5O4. The van der Waals surface area contributed by atoms with Crippen LogP contribution < -0.4 is 21.2 Å². The summed E-state index contributed by atoms with van der Waals surface area (Å²) in [5, 5.41) is 11.3. The molecular weight excluding hydrogens is 446 g/mol. The molecule has 2 aromatic heterocycles. The van der Waals surface area contributed by atoms with Gasteiger partial charge in [0.25, 0.3) is 17.0 Å². The van der Waals surface area contributed by atoms with Gasteiger partial charge in [0.05, 0.1) is 25.4 Å². The average molecular weight is 472 g/mol. The molecule has 1 N–H and O–H groups in total. The molecule has 0 bridgehead atoms. The third-order valence-electron chi connectivity index (χ3n) is 5.21. The first-order valence-electron chi connectivity index (χ1n) is 11.2. The van der Waals surface area contributed by atoms with E-state index < -0.39 is 5.91 Å². The van der Waals surface area contributed by atoms with Crippen molar-refractivity contribution in [1.29, 1.82) is 0 Å². The molecule has 0 saturated heterocycles. The van der Waals surface area contributed by atoms with Crippen LogP contribution in [-0.2, 0) is 13.1 Å². The highest BCUT2D eigenvalue weighted by molar-refractivity contribution is 5.91. The molecule has 0 fully saturated rings. The lowest BCUT2D eigenvalue weighted by Crippen LogP contribution is -2.34. The molecule has 9 nitrogen and oxygen atoms in total. The number of amides is 1. The van der Waals surface area contributed by atoms with Crippen LogP contribution in [0.25, 0.3) is 11.3 Å². The van der Waals surface area contributed by atoms with Crippen molar-refractivity contribution in [2.24, 2.45) is 0 Å². The van der Waals surface area contributed by atoms with Crippen molar-refractivity contribution < 1.29 is 9.53 Å². The van der Waals surface area contributed by atoms with Crippen molar-refractivity contribution in [3.8, 4) is 17.0 Å². The number of rotatable bonds is 9. The number of hydrogen-bond acceptors (Lipinski definition) is 6. The van der Waals surface area contributed by atoms with Crippen LogP contribution in [0.3, 0.4) is 0 Å². The second-order valence-electron chi connectivity index (χ2n) is 7.69. The number of nitrogens with zero attached hydrogens (tertiary/aromatic N) is 4. The van der Waals surface area contributed by atoms with Gasteiger partial charge in [0, 0.05) is 24.2 Å². The Labute approximate surface area is 201 Å². The van der Waals surface area contributed by atoms with Gasteiger partial charge in [-0.15, -0.1) is 0 Å². The van der Waals surface area contributed by atoms with Crippen LogP contribution in [0.4, 0.5) is 0 Å². The van der Waals surface area contributed by atoms with Gasteiger partial charge in [0.1, 0.15) is 11.4 Å². The zero-order chi connectivity index (χ0) is 24.6. The van der Waals surface area contributed by atoms with Gasteiger partial charge < -0.3 is 10.1 Å². The van der Waals surface area contributed by atoms with Crippen molar-refractivity contribution in [3.05, 3.63) is 111 Å². The number of hydrogen-bond donors (Lipinski definition) is 1. The number of benzene rings is 2. The van der Waals surface area contributed by atoms with E-state index in [1.165, 1.54) is 27.6 Å². The Morgan fingerprint density at radius 2 is 1.57 bits per heavy atom. The molecule has 0 aliphatic heterocycles. The van der Waals surface area contributed by atoms with Crippen molar-refractivity contribution in [2.45, 2.75) is 20.0 Å². The Morgan fingerprint density at radius 3 is 2.31 bits per heavy atom. The van der Waals surface area contributed by atoms with Crippen molar-refractivity contribution in [2.75, 3.05) is 13.2 Å². The first-order valence-corrected chi connectivity index (χ1v) is 11.2. The molecule has 0 radical (unpaired) electrons. The lowest BCUT2D eigenvalue weighted by atomic mass is 10.1. The van der Waals surface area contributed by atoms with Gasteiger partial charge >= 0.3 is 0 Å². The highest BCUT2D eigenvalue weighted by Crippen LogP contribution is 2.19. The summed E-state index contributed by atoms with van der Waals surface area (Å²) in [6.45, 7) is 3.11. The van der Waals surface area contributed by atoms with E-state index in [-0.39, 0.29) is 36.4 Å². The fraction of sp³-hybridized carbons (Fsp3) is 0.192. The van der Waals surface area contributed by atoms with E-state index in [1.807, 2.05) is 61.5 Å². The molecule has 0 aliphatic rings. The third kappa shape index (κ3) is 6.08. The monoisotopic (exact) mass is 471 g/mol. The van der Waals surface area contributed by atoms with E-state index in [9.17, 15) is 14.4 Å². The minimum atomic E-state index is -0.442. The molecule has 2 aromatic carbocycles. The summed E-state index contributed by atoms with van der Waals surface area (Å²) in [5.41, 5.74) is 1.92. The molecule has 0 unspecified atom stereocenters. The topological polar surface area (TPSA) is 108 Å². The fourth-order valence-electron chi connectivity index (χ4n) is 3.46. The predicted molar refractivity (Wildman–Crippen MR) is 131 cm³/mol. The summed E-state index contributed by atoms with van der Waals surface area (Å²) in [6.07, 6.45) is 0. The highest BCUT2D eigenvalue weighted by atomic mass is 16.5. The predicted octanol–water partition coefficient (Wildman–Crippen LogP) is 2.34. The van der Waals surface area contributed by atoms with Crippen molar-refractivity contribution in [1.82, 2.24) is 24.9 Å². The zero-order valence-electron chi connectivity index (χ0n) is 19.3. The molecule has 9 heteroatoms. The van der Waals surface area contributed by atoms with Gasteiger partial charge in [-0.2, -0.15) is 10.2 Å². The van der Waals surface area contributed by atoms with Gasteiger partial charge in [-0.25, -0.2) is 9.36 Å². The Kier molecular flexibility index (Phi) is 7.47. The van der Waals surface area contributed by atoms with Crippen LogP contribution in [0, 0.1) is 0 Å². The lowest BCUT2D eigenvalue weighted by molar-refractivity contribution is 0.0944. The van der Waals surface area contributed by atoms with Crippen LogP contribution in [0.1, 0.15) is 23.0 Å². The third-order valence-corrected chi connectivity index (χ3v) is 5.21. The van der Waals surface area contributed by atoms with Crippen LogP contribution >= 0.6 is 0 Å². The average Bonchev–Trinajstić information content (AvgIpc) is 2.88. The van der Waals surface area contributed by atoms with E-state index in [4.69, 9.17) is 4.74 Å². The van der Waals surface area contributed by atoms with Gasteiger partial charge in [0.2, 0.25) is 0 Å². The molecule has 1 amide bonds. The Bertz CT molecular complexity index is 1410. The number of carbonyl (C=O) groups is 1. The Balaban J connectivity index is 1.40. The molecule has 2 heterocycles. The maximum Gasteiger partial charge on any atom is 0.271 e. The van der Waals surface area contributed by atoms with E-state index in [0.29, 0.717) is 12.3 Å². The van der Waals surface area contributed by atoms with Gasteiger partial charge in [-0.05, 0) is 48.9 Å². The fourth-order valence-corrected chi connectivity index (χ4v) is 3.46. The smallest absolute Gasteiger partial charge is 0.271 e. The van der Waals surface area contributed by atoms with Gasteiger partial charge in [0.15, 0.2) is 0 Å². The van der Waals surface area contributed by atoms with E-state index >= 15 is 0 Å². The van der Waals surface area contributed by atoms with E-state index in [0.717, 1.165) is 16.9 Å². The maximum absolute atomic E-state index is 12.6. The van der Waals surface area contributed by atoms with Crippen molar-refractivity contribution in [3.63, 3.8) is 0 Å². The first kappa shape index (κ1) is 23.6.